The van der Waals surface area contributed by atoms with Crippen LogP contribution in [0.15, 0.2) is 18.2 Å². The van der Waals surface area contributed by atoms with Gasteiger partial charge in [-0.15, -0.1) is 0 Å². The number of nitrogen functional groups attached to an aromatic ring is 1. The zero-order valence-corrected chi connectivity index (χ0v) is 10.7. The molecule has 1 aromatic carbocycles. The van der Waals surface area contributed by atoms with E-state index in [1.165, 1.54) is 18.2 Å². The van der Waals surface area contributed by atoms with Gasteiger partial charge in [0.25, 0.3) is 11.6 Å². The minimum Gasteiger partial charge on any atom is -0.399 e. The fraction of sp³-hybridized carbons (Fsp3) is 0.417. The third-order valence-electron chi connectivity index (χ3n) is 3.24. The average Bonchev–Trinajstić information content (AvgIpc) is 2.38. The number of piperazine rings is 1. The molecular formula is C12H16N4O3. The number of hydrogen-bond acceptors (Lipinski definition) is 5. The molecule has 0 aromatic heterocycles. The molecule has 0 unspecified atom stereocenters. The Labute approximate surface area is 110 Å². The quantitative estimate of drug-likeness (QED) is 0.479. The van der Waals surface area contributed by atoms with Crippen molar-refractivity contribution >= 4 is 17.3 Å². The molecule has 19 heavy (non-hydrogen) atoms. The van der Waals surface area contributed by atoms with E-state index in [1.54, 1.807) is 4.90 Å². The minimum atomic E-state index is -0.570. The number of hydrogen-bond donors (Lipinski definition) is 1. The summed E-state index contributed by atoms with van der Waals surface area (Å²) in [6.45, 7) is 2.71. The number of carbonyl (C=O) groups is 1. The summed E-state index contributed by atoms with van der Waals surface area (Å²) < 4.78 is 0. The van der Waals surface area contributed by atoms with E-state index in [9.17, 15) is 14.9 Å². The van der Waals surface area contributed by atoms with E-state index in [1.807, 2.05) is 7.05 Å². The Bertz CT molecular complexity index is 510. The molecule has 0 bridgehead atoms. The van der Waals surface area contributed by atoms with E-state index in [-0.39, 0.29) is 22.8 Å². The van der Waals surface area contributed by atoms with Crippen LogP contribution in [0.5, 0.6) is 0 Å². The fourth-order valence-electron chi connectivity index (χ4n) is 2.06. The molecule has 2 N–H and O–H groups in total. The lowest BCUT2D eigenvalue weighted by Crippen LogP contribution is -2.47. The summed E-state index contributed by atoms with van der Waals surface area (Å²) >= 11 is 0. The molecule has 0 atom stereocenters. The molecule has 0 spiro atoms. The number of nitro benzene ring substituents is 1. The lowest BCUT2D eigenvalue weighted by molar-refractivity contribution is -0.385. The molecule has 1 aromatic rings. The summed E-state index contributed by atoms with van der Waals surface area (Å²) in [4.78, 5) is 26.5. The van der Waals surface area contributed by atoms with Crippen LogP contribution in [-0.2, 0) is 0 Å². The molecule has 1 aliphatic heterocycles. The van der Waals surface area contributed by atoms with Crippen LogP contribution in [0.3, 0.4) is 0 Å². The predicted octanol–water partition coefficient (Wildman–Crippen LogP) is 0.565. The Balaban J connectivity index is 2.26. The van der Waals surface area contributed by atoms with Gasteiger partial charge in [0.05, 0.1) is 4.92 Å². The van der Waals surface area contributed by atoms with Crippen LogP contribution in [0.2, 0.25) is 0 Å². The van der Waals surface area contributed by atoms with Crippen LogP contribution in [-0.4, -0.2) is 53.9 Å². The Kier molecular flexibility index (Phi) is 3.66. The first-order valence-electron chi connectivity index (χ1n) is 6.01. The second kappa shape index (κ2) is 5.23. The number of nitrogens with two attached hydrogens (primary N) is 1. The van der Waals surface area contributed by atoms with Crippen LogP contribution in [0.4, 0.5) is 11.4 Å². The normalized spacial score (nSPS) is 16.4. The Hall–Kier alpha value is -2.15. The highest BCUT2D eigenvalue weighted by molar-refractivity contribution is 5.98. The highest BCUT2D eigenvalue weighted by atomic mass is 16.6. The van der Waals surface area contributed by atoms with E-state index in [0.717, 1.165) is 13.1 Å². The van der Waals surface area contributed by atoms with Crippen molar-refractivity contribution in [1.82, 2.24) is 9.80 Å². The lowest BCUT2D eigenvalue weighted by Gasteiger charge is -2.32. The van der Waals surface area contributed by atoms with Crippen molar-refractivity contribution in [3.8, 4) is 0 Å². The molecule has 1 amide bonds. The number of likely N-dealkylation sites (N-methyl/N-ethyl adjacent to an activating group) is 1. The zero-order chi connectivity index (χ0) is 14.0. The third kappa shape index (κ3) is 2.82. The zero-order valence-electron chi connectivity index (χ0n) is 10.7. The van der Waals surface area contributed by atoms with Gasteiger partial charge in [-0.25, -0.2) is 0 Å². The summed E-state index contributed by atoms with van der Waals surface area (Å²) in [6.07, 6.45) is 0. The van der Waals surface area contributed by atoms with Crippen molar-refractivity contribution in [2.75, 3.05) is 39.0 Å². The van der Waals surface area contributed by atoms with Gasteiger partial charge in [0.15, 0.2) is 0 Å². The lowest BCUT2D eigenvalue weighted by atomic mass is 10.1. The number of anilines is 1. The van der Waals surface area contributed by atoms with Gasteiger partial charge < -0.3 is 15.5 Å². The first-order chi connectivity index (χ1) is 8.99. The SMILES string of the molecule is CN1CCN(C(=O)c2ccc(N)cc2[N+](=O)[O-])CC1. The van der Waals surface area contributed by atoms with Crippen LogP contribution in [0.1, 0.15) is 10.4 Å². The number of amides is 1. The van der Waals surface area contributed by atoms with Gasteiger partial charge >= 0.3 is 0 Å². The smallest absolute Gasteiger partial charge is 0.284 e. The fourth-order valence-corrected chi connectivity index (χ4v) is 2.06. The van der Waals surface area contributed by atoms with E-state index in [0.29, 0.717) is 13.1 Å². The molecule has 1 aliphatic rings. The van der Waals surface area contributed by atoms with Crippen LogP contribution < -0.4 is 5.73 Å². The average molecular weight is 264 g/mol. The summed E-state index contributed by atoms with van der Waals surface area (Å²) in [5.41, 5.74) is 5.67. The van der Waals surface area contributed by atoms with Crippen molar-refractivity contribution < 1.29 is 9.72 Å². The Morgan fingerprint density at radius 1 is 1.32 bits per heavy atom. The number of rotatable bonds is 2. The molecule has 102 valence electrons. The third-order valence-corrected chi connectivity index (χ3v) is 3.24. The van der Waals surface area contributed by atoms with Crippen molar-refractivity contribution in [2.24, 2.45) is 0 Å². The van der Waals surface area contributed by atoms with E-state index in [2.05, 4.69) is 4.90 Å². The summed E-state index contributed by atoms with van der Waals surface area (Å²) in [5.74, 6) is -0.306. The van der Waals surface area contributed by atoms with E-state index in [4.69, 9.17) is 5.73 Å². The maximum absolute atomic E-state index is 12.3. The summed E-state index contributed by atoms with van der Waals surface area (Å²) in [7, 11) is 1.98. The van der Waals surface area contributed by atoms with Crippen molar-refractivity contribution in [2.45, 2.75) is 0 Å². The highest BCUT2D eigenvalue weighted by Crippen LogP contribution is 2.23. The minimum absolute atomic E-state index is 0.101. The van der Waals surface area contributed by atoms with Crippen molar-refractivity contribution in [3.05, 3.63) is 33.9 Å². The maximum Gasteiger partial charge on any atom is 0.284 e. The van der Waals surface area contributed by atoms with Gasteiger partial charge in [-0.05, 0) is 19.2 Å². The van der Waals surface area contributed by atoms with Crippen molar-refractivity contribution in [3.63, 3.8) is 0 Å². The molecule has 0 saturated carbocycles. The molecular weight excluding hydrogens is 248 g/mol. The Morgan fingerprint density at radius 2 is 1.95 bits per heavy atom. The largest absolute Gasteiger partial charge is 0.399 e. The van der Waals surface area contributed by atoms with Crippen molar-refractivity contribution in [1.29, 1.82) is 0 Å². The molecule has 1 fully saturated rings. The topological polar surface area (TPSA) is 92.7 Å². The van der Waals surface area contributed by atoms with E-state index >= 15 is 0 Å². The molecule has 1 saturated heterocycles. The molecule has 1 heterocycles. The maximum atomic E-state index is 12.3. The summed E-state index contributed by atoms with van der Waals surface area (Å²) in [6, 6.07) is 4.16. The number of benzene rings is 1. The second-order valence-corrected chi connectivity index (χ2v) is 4.63. The molecule has 0 radical (unpaired) electrons. The Morgan fingerprint density at radius 3 is 2.53 bits per heavy atom. The number of nitrogens with zero attached hydrogens (tertiary/aromatic N) is 3. The van der Waals surface area contributed by atoms with Gasteiger partial charge in [-0.2, -0.15) is 0 Å². The monoisotopic (exact) mass is 264 g/mol. The predicted molar refractivity (Wildman–Crippen MR) is 70.9 cm³/mol. The summed E-state index contributed by atoms with van der Waals surface area (Å²) in [5, 5.41) is 11.0. The number of nitro groups is 1. The second-order valence-electron chi connectivity index (χ2n) is 4.63. The van der Waals surface area contributed by atoms with Gasteiger partial charge in [0.2, 0.25) is 0 Å². The number of carbonyl (C=O) groups excluding carboxylic acids is 1. The van der Waals surface area contributed by atoms with E-state index < -0.39 is 4.92 Å². The molecule has 2 rings (SSSR count). The first-order valence-corrected chi connectivity index (χ1v) is 6.01. The van der Waals surface area contributed by atoms with Crippen LogP contribution in [0.25, 0.3) is 0 Å². The molecule has 0 aliphatic carbocycles. The van der Waals surface area contributed by atoms with Gasteiger partial charge in [-0.3, -0.25) is 14.9 Å². The van der Waals surface area contributed by atoms with Crippen LogP contribution in [0, 0.1) is 10.1 Å². The van der Waals surface area contributed by atoms with Gasteiger partial charge in [0.1, 0.15) is 5.56 Å². The molecule has 7 nitrogen and oxygen atoms in total. The highest BCUT2D eigenvalue weighted by Gasteiger charge is 2.26. The first kappa shape index (κ1) is 13.3. The van der Waals surface area contributed by atoms with Gasteiger partial charge in [-0.1, -0.05) is 0 Å². The standard InChI is InChI=1S/C12H16N4O3/c1-14-4-6-15(7-5-14)12(17)10-3-2-9(13)8-11(10)16(18)19/h2-3,8H,4-7,13H2,1H3. The van der Waals surface area contributed by atoms with Crippen LogP contribution >= 0.6 is 0 Å². The van der Waals surface area contributed by atoms with Gasteiger partial charge in [0, 0.05) is 37.9 Å². The molecule has 7 heteroatoms.